The highest BCUT2D eigenvalue weighted by atomic mass is 19.1. The van der Waals surface area contributed by atoms with Gasteiger partial charge in [-0.1, -0.05) is 56.3 Å². The van der Waals surface area contributed by atoms with Crippen molar-refractivity contribution in [2.75, 3.05) is 26.3 Å². The fourth-order valence-electron chi connectivity index (χ4n) is 4.16. The van der Waals surface area contributed by atoms with Crippen LogP contribution in [0.3, 0.4) is 0 Å². The van der Waals surface area contributed by atoms with E-state index in [1.54, 1.807) is 21.9 Å². The minimum Gasteiger partial charge on any atom is -0.382 e. The summed E-state index contributed by atoms with van der Waals surface area (Å²) in [6.07, 6.45) is 2.64. The first-order valence-electron chi connectivity index (χ1n) is 12.9. The van der Waals surface area contributed by atoms with Gasteiger partial charge in [-0.2, -0.15) is 0 Å². The van der Waals surface area contributed by atoms with E-state index < -0.39 is 0 Å². The zero-order chi connectivity index (χ0) is 26.6. The quantitative estimate of drug-likeness (QED) is 0.285. The Bertz CT molecular complexity index is 1110. The molecule has 1 heterocycles. The highest BCUT2D eigenvalue weighted by molar-refractivity contribution is 5.85. The number of carbonyl (C=O) groups excluding carboxylic acids is 2. The van der Waals surface area contributed by atoms with Gasteiger partial charge < -0.3 is 19.1 Å². The van der Waals surface area contributed by atoms with Crippen molar-refractivity contribution in [3.05, 3.63) is 95.6 Å². The second-order valence-electron chi connectivity index (χ2n) is 9.45. The minimum atomic E-state index is -0.266. The van der Waals surface area contributed by atoms with Gasteiger partial charge >= 0.3 is 0 Å². The van der Waals surface area contributed by atoms with Crippen molar-refractivity contribution in [2.24, 2.45) is 5.92 Å². The van der Waals surface area contributed by atoms with Crippen LogP contribution in [0.15, 0.2) is 72.9 Å². The average molecular weight is 508 g/mol. The van der Waals surface area contributed by atoms with Crippen LogP contribution in [0.2, 0.25) is 0 Å². The van der Waals surface area contributed by atoms with E-state index in [4.69, 9.17) is 4.74 Å². The van der Waals surface area contributed by atoms with Gasteiger partial charge in [-0.05, 0) is 48.7 Å². The molecule has 0 N–H and O–H groups in total. The Kier molecular flexibility index (Phi) is 10.9. The smallest absolute Gasteiger partial charge is 0.242 e. The average Bonchev–Trinajstić information content (AvgIpc) is 3.33. The Hall–Kier alpha value is -3.45. The fraction of sp³-hybridized carbons (Fsp3) is 0.400. The number of nitrogens with zero attached hydrogens (tertiary/aromatic N) is 3. The second-order valence-corrected chi connectivity index (χ2v) is 9.45. The van der Waals surface area contributed by atoms with Crippen LogP contribution in [-0.4, -0.2) is 52.5 Å². The Labute approximate surface area is 219 Å². The highest BCUT2D eigenvalue weighted by Gasteiger charge is 2.24. The summed E-state index contributed by atoms with van der Waals surface area (Å²) >= 11 is 0. The van der Waals surface area contributed by atoms with Gasteiger partial charge in [0.05, 0.1) is 13.1 Å². The largest absolute Gasteiger partial charge is 0.382 e. The first kappa shape index (κ1) is 28.1. The van der Waals surface area contributed by atoms with Gasteiger partial charge in [0.1, 0.15) is 5.82 Å². The lowest BCUT2D eigenvalue weighted by Gasteiger charge is -2.29. The van der Waals surface area contributed by atoms with E-state index in [0.29, 0.717) is 45.8 Å². The third-order valence-electron chi connectivity index (χ3n) is 6.16. The van der Waals surface area contributed by atoms with Crippen molar-refractivity contribution in [1.82, 2.24) is 14.4 Å². The Morgan fingerprint density at radius 1 is 0.919 bits per heavy atom. The summed E-state index contributed by atoms with van der Waals surface area (Å²) in [6, 6.07) is 20.2. The number of ether oxygens (including phenoxy) is 1. The summed E-state index contributed by atoms with van der Waals surface area (Å²) in [5, 5.41) is 0. The lowest BCUT2D eigenvalue weighted by Crippen LogP contribution is -2.44. The molecule has 0 unspecified atom stereocenters. The van der Waals surface area contributed by atoms with Crippen LogP contribution < -0.4 is 0 Å². The van der Waals surface area contributed by atoms with E-state index in [0.717, 1.165) is 16.8 Å². The first-order chi connectivity index (χ1) is 17.9. The number of halogens is 1. The molecule has 2 aromatic carbocycles. The Morgan fingerprint density at radius 3 is 2.32 bits per heavy atom. The third-order valence-corrected chi connectivity index (χ3v) is 6.16. The maximum Gasteiger partial charge on any atom is 0.242 e. The van der Waals surface area contributed by atoms with Crippen molar-refractivity contribution in [1.29, 1.82) is 0 Å². The monoisotopic (exact) mass is 507 g/mol. The normalized spacial score (nSPS) is 11.1. The van der Waals surface area contributed by atoms with Crippen molar-refractivity contribution >= 4 is 11.8 Å². The van der Waals surface area contributed by atoms with E-state index in [9.17, 15) is 14.0 Å². The molecule has 0 radical (unpaired) electrons. The summed E-state index contributed by atoms with van der Waals surface area (Å²) in [5.41, 5.74) is 2.96. The van der Waals surface area contributed by atoms with E-state index in [2.05, 4.69) is 4.57 Å². The van der Waals surface area contributed by atoms with E-state index in [-0.39, 0.29) is 30.1 Å². The molecular formula is C30H38FN3O3. The van der Waals surface area contributed by atoms with Crippen LogP contribution >= 0.6 is 0 Å². The number of aromatic nitrogens is 1. The van der Waals surface area contributed by atoms with Crippen LogP contribution in [0, 0.1) is 11.7 Å². The fourth-order valence-corrected chi connectivity index (χ4v) is 4.16. The molecule has 2 amide bonds. The van der Waals surface area contributed by atoms with Crippen LogP contribution in [-0.2, 0) is 34.0 Å². The number of amides is 2. The SMILES string of the molecule is CCOCCCN(CC(=O)N(Cc1ccccc1)Cc1cccn1Cc1ccc(F)cc1)C(=O)C(C)C. The molecule has 3 aromatic rings. The van der Waals surface area contributed by atoms with Gasteiger partial charge in [0, 0.05) is 50.7 Å². The molecule has 0 atom stereocenters. The number of carbonyl (C=O) groups is 2. The number of hydrogen-bond acceptors (Lipinski definition) is 3. The molecular weight excluding hydrogens is 469 g/mol. The standard InChI is InChI=1S/C30H38FN3O3/c1-4-37-19-9-18-33(30(36)24(2)3)23-29(35)34(21-25-10-6-5-7-11-25)22-28-12-8-17-32(28)20-26-13-15-27(31)16-14-26/h5-8,10-17,24H,4,9,18-23H2,1-3H3. The van der Waals surface area contributed by atoms with Crippen molar-refractivity contribution in [2.45, 2.75) is 46.8 Å². The van der Waals surface area contributed by atoms with Gasteiger partial charge in [0.15, 0.2) is 0 Å². The van der Waals surface area contributed by atoms with Gasteiger partial charge in [-0.3, -0.25) is 9.59 Å². The highest BCUT2D eigenvalue weighted by Crippen LogP contribution is 2.15. The number of benzene rings is 2. The molecule has 7 heteroatoms. The summed E-state index contributed by atoms with van der Waals surface area (Å²) in [6.45, 7) is 8.72. The lowest BCUT2D eigenvalue weighted by atomic mass is 10.1. The summed E-state index contributed by atoms with van der Waals surface area (Å²) in [7, 11) is 0. The number of rotatable bonds is 14. The number of hydrogen-bond donors (Lipinski definition) is 0. The molecule has 37 heavy (non-hydrogen) atoms. The molecule has 1 aromatic heterocycles. The van der Waals surface area contributed by atoms with Gasteiger partial charge in [-0.25, -0.2) is 4.39 Å². The molecule has 0 saturated carbocycles. The second kappa shape index (κ2) is 14.3. The predicted molar refractivity (Wildman–Crippen MR) is 143 cm³/mol. The molecule has 3 rings (SSSR count). The maximum absolute atomic E-state index is 13.7. The predicted octanol–water partition coefficient (Wildman–Crippen LogP) is 5.12. The molecule has 198 valence electrons. The van der Waals surface area contributed by atoms with Crippen molar-refractivity contribution < 1.29 is 18.7 Å². The zero-order valence-electron chi connectivity index (χ0n) is 22.1. The molecule has 0 aliphatic rings. The van der Waals surface area contributed by atoms with Gasteiger partial charge in [0.2, 0.25) is 11.8 Å². The molecule has 0 fully saturated rings. The van der Waals surface area contributed by atoms with E-state index >= 15 is 0 Å². The van der Waals surface area contributed by atoms with E-state index in [1.165, 1.54) is 12.1 Å². The van der Waals surface area contributed by atoms with Crippen molar-refractivity contribution in [3.8, 4) is 0 Å². The summed E-state index contributed by atoms with van der Waals surface area (Å²) in [4.78, 5) is 30.0. The first-order valence-corrected chi connectivity index (χ1v) is 12.9. The molecule has 0 saturated heterocycles. The Balaban J connectivity index is 1.78. The van der Waals surface area contributed by atoms with Crippen LogP contribution in [0.25, 0.3) is 0 Å². The third kappa shape index (κ3) is 8.86. The topological polar surface area (TPSA) is 54.8 Å². The maximum atomic E-state index is 13.7. The molecule has 0 aliphatic carbocycles. The molecule has 0 bridgehead atoms. The Morgan fingerprint density at radius 2 is 1.65 bits per heavy atom. The van der Waals surface area contributed by atoms with Gasteiger partial charge in [-0.15, -0.1) is 0 Å². The molecule has 0 aliphatic heterocycles. The minimum absolute atomic E-state index is 0.0225. The van der Waals surface area contributed by atoms with E-state index in [1.807, 2.05) is 69.4 Å². The van der Waals surface area contributed by atoms with Crippen LogP contribution in [0.4, 0.5) is 4.39 Å². The molecule has 6 nitrogen and oxygen atoms in total. The summed E-state index contributed by atoms with van der Waals surface area (Å²) in [5.74, 6) is -0.610. The van der Waals surface area contributed by atoms with Crippen LogP contribution in [0.1, 0.15) is 44.0 Å². The lowest BCUT2D eigenvalue weighted by molar-refractivity contribution is -0.143. The molecule has 0 spiro atoms. The van der Waals surface area contributed by atoms with Crippen LogP contribution in [0.5, 0.6) is 0 Å². The summed E-state index contributed by atoms with van der Waals surface area (Å²) < 4.78 is 20.9. The zero-order valence-corrected chi connectivity index (χ0v) is 22.1. The van der Waals surface area contributed by atoms with Gasteiger partial charge in [0.25, 0.3) is 0 Å². The van der Waals surface area contributed by atoms with Crippen molar-refractivity contribution in [3.63, 3.8) is 0 Å².